The third kappa shape index (κ3) is 4.33. The quantitative estimate of drug-likeness (QED) is 0.674. The van der Waals surface area contributed by atoms with E-state index in [1.807, 2.05) is 0 Å². The van der Waals surface area contributed by atoms with Crippen molar-refractivity contribution in [3.05, 3.63) is 34.2 Å². The Morgan fingerprint density at radius 2 is 2.28 bits per heavy atom. The number of hydrogen-bond acceptors (Lipinski definition) is 3. The SMILES string of the molecule is CCCC(CCO)CNC(=O)c1ccc[nH]c1=O. The lowest BCUT2D eigenvalue weighted by Gasteiger charge is -2.15. The molecule has 1 aromatic rings. The highest BCUT2D eigenvalue weighted by Crippen LogP contribution is 2.09. The Hall–Kier alpha value is -1.62. The third-order valence-corrected chi connectivity index (χ3v) is 2.85. The molecule has 1 rings (SSSR count). The van der Waals surface area contributed by atoms with Crippen LogP contribution in [0.25, 0.3) is 0 Å². The maximum atomic E-state index is 11.8. The Morgan fingerprint density at radius 3 is 2.89 bits per heavy atom. The molecule has 1 amide bonds. The van der Waals surface area contributed by atoms with Crippen molar-refractivity contribution in [3.8, 4) is 0 Å². The van der Waals surface area contributed by atoms with Crippen molar-refractivity contribution in [2.75, 3.05) is 13.2 Å². The molecule has 1 unspecified atom stereocenters. The molecule has 0 bridgehead atoms. The van der Waals surface area contributed by atoms with Crippen LogP contribution in [0.15, 0.2) is 23.1 Å². The van der Waals surface area contributed by atoms with Gasteiger partial charge in [-0.1, -0.05) is 13.3 Å². The Labute approximate surface area is 106 Å². The van der Waals surface area contributed by atoms with Crippen molar-refractivity contribution < 1.29 is 9.90 Å². The van der Waals surface area contributed by atoms with E-state index in [0.717, 1.165) is 12.8 Å². The standard InChI is InChI=1S/C13H20N2O3/c1-2-4-10(6-8-16)9-15-13(18)11-5-3-7-14-12(11)17/h3,5,7,10,16H,2,4,6,8-9H2,1H3,(H,14,17)(H,15,18). The molecule has 1 heterocycles. The van der Waals surface area contributed by atoms with Crippen molar-refractivity contribution in [1.82, 2.24) is 10.3 Å². The fraction of sp³-hybridized carbons (Fsp3) is 0.538. The second-order valence-corrected chi connectivity index (χ2v) is 4.29. The second-order valence-electron chi connectivity index (χ2n) is 4.29. The van der Waals surface area contributed by atoms with Crippen molar-refractivity contribution in [2.45, 2.75) is 26.2 Å². The molecule has 1 aromatic heterocycles. The number of aromatic amines is 1. The largest absolute Gasteiger partial charge is 0.396 e. The Bertz CT molecular complexity index is 422. The summed E-state index contributed by atoms with van der Waals surface area (Å²) >= 11 is 0. The van der Waals surface area contributed by atoms with Gasteiger partial charge in [0.05, 0.1) is 0 Å². The Balaban J connectivity index is 2.54. The van der Waals surface area contributed by atoms with Crippen LogP contribution in [0.3, 0.4) is 0 Å². The number of hydrogen-bond donors (Lipinski definition) is 3. The predicted octanol–water partition coefficient (Wildman–Crippen LogP) is 0.903. The lowest BCUT2D eigenvalue weighted by molar-refractivity contribution is 0.0941. The minimum atomic E-state index is -0.385. The highest BCUT2D eigenvalue weighted by Gasteiger charge is 2.12. The van der Waals surface area contributed by atoms with Crippen LogP contribution in [0.1, 0.15) is 36.5 Å². The molecular formula is C13H20N2O3. The summed E-state index contributed by atoms with van der Waals surface area (Å²) in [6.07, 6.45) is 4.11. The molecule has 5 nitrogen and oxygen atoms in total. The molecule has 0 aromatic carbocycles. The van der Waals surface area contributed by atoms with Crippen LogP contribution in [-0.2, 0) is 0 Å². The summed E-state index contributed by atoms with van der Waals surface area (Å²) in [6, 6.07) is 3.11. The van der Waals surface area contributed by atoms with E-state index in [9.17, 15) is 9.59 Å². The van der Waals surface area contributed by atoms with Crippen LogP contribution >= 0.6 is 0 Å². The number of aromatic nitrogens is 1. The van der Waals surface area contributed by atoms with Crippen molar-refractivity contribution >= 4 is 5.91 Å². The van der Waals surface area contributed by atoms with E-state index >= 15 is 0 Å². The van der Waals surface area contributed by atoms with Crippen LogP contribution in [0.5, 0.6) is 0 Å². The number of rotatable bonds is 7. The van der Waals surface area contributed by atoms with Crippen molar-refractivity contribution in [2.24, 2.45) is 5.92 Å². The highest BCUT2D eigenvalue weighted by atomic mass is 16.3. The van der Waals surface area contributed by atoms with Crippen LogP contribution in [0.4, 0.5) is 0 Å². The van der Waals surface area contributed by atoms with Gasteiger partial charge in [0.15, 0.2) is 0 Å². The molecule has 0 fully saturated rings. The summed E-state index contributed by atoms with van der Waals surface area (Å²) in [6.45, 7) is 2.67. The van der Waals surface area contributed by atoms with E-state index in [2.05, 4.69) is 17.2 Å². The molecule has 100 valence electrons. The number of H-pyrrole nitrogens is 1. The molecule has 0 aliphatic rings. The summed E-state index contributed by atoms with van der Waals surface area (Å²) in [5.41, 5.74) is -0.263. The normalized spacial score (nSPS) is 12.1. The second kappa shape index (κ2) is 7.66. The molecule has 0 radical (unpaired) electrons. The first-order chi connectivity index (χ1) is 8.69. The number of aliphatic hydroxyl groups is 1. The van der Waals surface area contributed by atoms with Gasteiger partial charge in [-0.05, 0) is 30.9 Å². The number of pyridine rings is 1. The molecule has 5 heteroatoms. The van der Waals surface area contributed by atoms with Gasteiger partial charge in [0.25, 0.3) is 11.5 Å². The van der Waals surface area contributed by atoms with Gasteiger partial charge in [-0.15, -0.1) is 0 Å². The lowest BCUT2D eigenvalue weighted by atomic mass is 10.0. The number of amides is 1. The van der Waals surface area contributed by atoms with Gasteiger partial charge in [0, 0.05) is 19.3 Å². The van der Waals surface area contributed by atoms with Gasteiger partial charge in [0.2, 0.25) is 0 Å². The third-order valence-electron chi connectivity index (χ3n) is 2.85. The summed E-state index contributed by atoms with van der Waals surface area (Å²) in [5, 5.41) is 11.7. The molecular weight excluding hydrogens is 232 g/mol. The van der Waals surface area contributed by atoms with Crippen LogP contribution in [0, 0.1) is 5.92 Å². The maximum Gasteiger partial charge on any atom is 0.260 e. The van der Waals surface area contributed by atoms with Crippen LogP contribution in [-0.4, -0.2) is 29.1 Å². The van der Waals surface area contributed by atoms with E-state index in [1.165, 1.54) is 12.3 Å². The average molecular weight is 252 g/mol. The number of carbonyl (C=O) groups excluding carboxylic acids is 1. The molecule has 0 aliphatic heterocycles. The fourth-order valence-corrected chi connectivity index (χ4v) is 1.87. The van der Waals surface area contributed by atoms with E-state index in [4.69, 9.17) is 5.11 Å². The Morgan fingerprint density at radius 1 is 1.50 bits per heavy atom. The van der Waals surface area contributed by atoms with E-state index in [1.54, 1.807) is 6.07 Å². The van der Waals surface area contributed by atoms with Gasteiger partial charge in [0.1, 0.15) is 5.56 Å². The van der Waals surface area contributed by atoms with Gasteiger partial charge < -0.3 is 15.4 Å². The van der Waals surface area contributed by atoms with E-state index in [-0.39, 0.29) is 29.6 Å². The van der Waals surface area contributed by atoms with E-state index < -0.39 is 0 Å². The minimum absolute atomic E-state index is 0.118. The predicted molar refractivity (Wildman–Crippen MR) is 69.5 cm³/mol. The van der Waals surface area contributed by atoms with Gasteiger partial charge in [-0.25, -0.2) is 0 Å². The summed E-state index contributed by atoms with van der Waals surface area (Å²) in [7, 11) is 0. The van der Waals surface area contributed by atoms with Crippen LogP contribution < -0.4 is 10.9 Å². The van der Waals surface area contributed by atoms with Gasteiger partial charge in [-0.2, -0.15) is 0 Å². The lowest BCUT2D eigenvalue weighted by Crippen LogP contribution is -2.33. The summed E-state index contributed by atoms with van der Waals surface area (Å²) < 4.78 is 0. The molecule has 18 heavy (non-hydrogen) atoms. The number of carbonyl (C=O) groups is 1. The zero-order chi connectivity index (χ0) is 13.4. The number of nitrogens with one attached hydrogen (secondary N) is 2. The molecule has 3 N–H and O–H groups in total. The average Bonchev–Trinajstić information content (AvgIpc) is 2.36. The maximum absolute atomic E-state index is 11.8. The minimum Gasteiger partial charge on any atom is -0.396 e. The molecule has 0 saturated heterocycles. The topological polar surface area (TPSA) is 82.2 Å². The Kier molecular flexibility index (Phi) is 6.14. The first-order valence-electron chi connectivity index (χ1n) is 6.25. The first kappa shape index (κ1) is 14.4. The molecule has 1 atom stereocenters. The number of aliphatic hydroxyl groups excluding tert-OH is 1. The van der Waals surface area contributed by atoms with Gasteiger partial charge >= 0.3 is 0 Å². The first-order valence-corrected chi connectivity index (χ1v) is 6.25. The summed E-state index contributed by atoms with van der Waals surface area (Å²) in [4.78, 5) is 25.6. The highest BCUT2D eigenvalue weighted by molar-refractivity contribution is 5.93. The van der Waals surface area contributed by atoms with Crippen molar-refractivity contribution in [3.63, 3.8) is 0 Å². The summed E-state index contributed by atoms with van der Waals surface area (Å²) in [5.74, 6) is -0.109. The van der Waals surface area contributed by atoms with Crippen molar-refractivity contribution in [1.29, 1.82) is 0 Å². The molecule has 0 aliphatic carbocycles. The zero-order valence-corrected chi connectivity index (χ0v) is 10.6. The molecule has 0 spiro atoms. The van der Waals surface area contributed by atoms with Gasteiger partial charge in [-0.3, -0.25) is 9.59 Å². The monoisotopic (exact) mass is 252 g/mol. The van der Waals surface area contributed by atoms with Crippen LogP contribution in [0.2, 0.25) is 0 Å². The smallest absolute Gasteiger partial charge is 0.260 e. The van der Waals surface area contributed by atoms with E-state index in [0.29, 0.717) is 13.0 Å². The fourth-order valence-electron chi connectivity index (χ4n) is 1.87. The zero-order valence-electron chi connectivity index (χ0n) is 10.6. The molecule has 0 saturated carbocycles.